The van der Waals surface area contributed by atoms with E-state index in [4.69, 9.17) is 14.6 Å². The lowest BCUT2D eigenvalue weighted by Gasteiger charge is -2.39. The summed E-state index contributed by atoms with van der Waals surface area (Å²) in [7, 11) is 2.50. The average molecular weight is 242 g/mol. The molecule has 0 saturated carbocycles. The Labute approximate surface area is 98.1 Å². The topological polar surface area (TPSA) is 96.2 Å². The van der Waals surface area contributed by atoms with Crippen molar-refractivity contribution in [3.05, 3.63) is 36.0 Å². The minimum absolute atomic E-state index is 0.426. The molecule has 0 heterocycles. The molecule has 0 radical (unpaired) electrons. The van der Waals surface area contributed by atoms with Crippen LogP contribution in [0.4, 0.5) is 0 Å². The van der Waals surface area contributed by atoms with Crippen LogP contribution in [0.5, 0.6) is 0 Å². The first-order chi connectivity index (χ1) is 7.87. The molecule has 0 saturated heterocycles. The molecule has 0 aliphatic heterocycles. The first-order valence-corrected chi connectivity index (χ1v) is 4.75. The zero-order valence-electron chi connectivity index (χ0n) is 9.45. The molecule has 0 aromatic heterocycles. The number of aliphatic carboxylic acids is 1. The largest absolute Gasteiger partial charge is 0.478 e. The van der Waals surface area contributed by atoms with Crippen LogP contribution in [0.2, 0.25) is 0 Å². The number of carboxylic acids is 1. The van der Waals surface area contributed by atoms with E-state index in [-0.39, 0.29) is 0 Å². The number of carboxylic acid groups (broad SMARTS) is 1. The van der Waals surface area contributed by atoms with Crippen LogP contribution in [0.15, 0.2) is 36.0 Å². The van der Waals surface area contributed by atoms with Crippen LogP contribution in [-0.4, -0.2) is 47.1 Å². The van der Waals surface area contributed by atoms with Crippen molar-refractivity contribution in [3.8, 4) is 0 Å². The van der Waals surface area contributed by atoms with Crippen LogP contribution >= 0.6 is 0 Å². The summed E-state index contributed by atoms with van der Waals surface area (Å²) < 4.78 is 9.90. The summed E-state index contributed by atoms with van der Waals surface area (Å²) >= 11 is 0. The maximum atomic E-state index is 10.4. The predicted molar refractivity (Wildman–Crippen MR) is 57.9 cm³/mol. The standard InChI is InChI=1S/C11H14O6/c1-16-11(17-2)7-8(3-4-9(12)13)5-6-10(11,14)15/h3-7,14-15H,1-2H3,(H,12,13). The van der Waals surface area contributed by atoms with E-state index in [2.05, 4.69) is 0 Å². The quantitative estimate of drug-likeness (QED) is 0.466. The van der Waals surface area contributed by atoms with Crippen molar-refractivity contribution >= 4 is 5.97 Å². The third kappa shape index (κ3) is 2.62. The Morgan fingerprint density at radius 2 is 1.94 bits per heavy atom. The zero-order valence-corrected chi connectivity index (χ0v) is 9.45. The van der Waals surface area contributed by atoms with Gasteiger partial charge in [0.15, 0.2) is 0 Å². The second-order valence-electron chi connectivity index (χ2n) is 3.45. The number of aliphatic hydroxyl groups is 2. The van der Waals surface area contributed by atoms with E-state index in [0.29, 0.717) is 5.57 Å². The van der Waals surface area contributed by atoms with Gasteiger partial charge in [0, 0.05) is 20.3 Å². The molecule has 6 nitrogen and oxygen atoms in total. The molecule has 3 N–H and O–H groups in total. The molecule has 0 unspecified atom stereocenters. The Morgan fingerprint density at radius 3 is 2.41 bits per heavy atom. The molecule has 0 fully saturated rings. The number of hydrogen-bond acceptors (Lipinski definition) is 5. The average Bonchev–Trinajstić information content (AvgIpc) is 2.27. The molecule has 1 aliphatic rings. The van der Waals surface area contributed by atoms with Crippen molar-refractivity contribution < 1.29 is 29.6 Å². The number of ether oxygens (including phenoxy) is 2. The first-order valence-electron chi connectivity index (χ1n) is 4.75. The number of hydrogen-bond donors (Lipinski definition) is 3. The minimum atomic E-state index is -2.32. The van der Waals surface area contributed by atoms with Gasteiger partial charge >= 0.3 is 5.97 Å². The van der Waals surface area contributed by atoms with Crippen molar-refractivity contribution in [2.75, 3.05) is 14.2 Å². The lowest BCUT2D eigenvalue weighted by Crippen LogP contribution is -2.55. The van der Waals surface area contributed by atoms with Crippen LogP contribution in [0.3, 0.4) is 0 Å². The Kier molecular flexibility index (Phi) is 3.84. The van der Waals surface area contributed by atoms with E-state index in [1.165, 1.54) is 32.4 Å². The number of carbonyl (C=O) groups is 1. The van der Waals surface area contributed by atoms with Gasteiger partial charge in [-0.3, -0.25) is 0 Å². The maximum absolute atomic E-state index is 10.4. The van der Waals surface area contributed by atoms with E-state index in [0.717, 1.165) is 12.2 Å². The molecule has 0 amide bonds. The van der Waals surface area contributed by atoms with Gasteiger partial charge in [0.25, 0.3) is 0 Å². The molecule has 1 aliphatic carbocycles. The van der Waals surface area contributed by atoms with Gasteiger partial charge in [0.1, 0.15) is 0 Å². The summed E-state index contributed by atoms with van der Waals surface area (Å²) in [6, 6.07) is 0. The summed E-state index contributed by atoms with van der Waals surface area (Å²) in [5.41, 5.74) is 0.426. The van der Waals surface area contributed by atoms with Gasteiger partial charge in [-0.1, -0.05) is 6.08 Å². The number of allylic oxidation sites excluding steroid dienone is 3. The van der Waals surface area contributed by atoms with Crippen molar-refractivity contribution in [2.45, 2.75) is 11.6 Å². The smallest absolute Gasteiger partial charge is 0.328 e. The fourth-order valence-electron chi connectivity index (χ4n) is 1.48. The highest BCUT2D eigenvalue weighted by Gasteiger charge is 2.49. The van der Waals surface area contributed by atoms with Crippen LogP contribution < -0.4 is 0 Å². The summed E-state index contributed by atoms with van der Waals surface area (Å²) in [5, 5.41) is 27.9. The monoisotopic (exact) mass is 242 g/mol. The second-order valence-corrected chi connectivity index (χ2v) is 3.45. The molecule has 0 aromatic rings. The highest BCUT2D eigenvalue weighted by Crippen LogP contribution is 2.33. The molecular weight excluding hydrogens is 228 g/mol. The van der Waals surface area contributed by atoms with Crippen molar-refractivity contribution in [3.63, 3.8) is 0 Å². The summed E-state index contributed by atoms with van der Waals surface area (Å²) in [6.45, 7) is 0. The van der Waals surface area contributed by atoms with Crippen molar-refractivity contribution in [2.24, 2.45) is 0 Å². The third-order valence-electron chi connectivity index (χ3n) is 2.40. The Morgan fingerprint density at radius 1 is 1.35 bits per heavy atom. The molecule has 0 aromatic carbocycles. The lowest BCUT2D eigenvalue weighted by atomic mass is 9.95. The Bertz CT molecular complexity index is 387. The van der Waals surface area contributed by atoms with E-state index >= 15 is 0 Å². The van der Waals surface area contributed by atoms with Gasteiger partial charge < -0.3 is 24.8 Å². The number of rotatable bonds is 4. The molecule has 0 bridgehead atoms. The minimum Gasteiger partial charge on any atom is -0.478 e. The van der Waals surface area contributed by atoms with Gasteiger partial charge in [-0.05, 0) is 23.8 Å². The van der Waals surface area contributed by atoms with Crippen molar-refractivity contribution in [1.29, 1.82) is 0 Å². The molecule has 17 heavy (non-hydrogen) atoms. The van der Waals surface area contributed by atoms with E-state index < -0.39 is 17.5 Å². The lowest BCUT2D eigenvalue weighted by molar-refractivity contribution is -0.328. The summed E-state index contributed by atoms with van der Waals surface area (Å²) in [5.74, 6) is -5.19. The van der Waals surface area contributed by atoms with E-state index in [1.807, 2.05) is 0 Å². The fraction of sp³-hybridized carbons (Fsp3) is 0.364. The molecular formula is C11H14O6. The highest BCUT2D eigenvalue weighted by molar-refractivity contribution is 5.80. The second kappa shape index (κ2) is 4.80. The van der Waals surface area contributed by atoms with Gasteiger partial charge in [0.2, 0.25) is 11.6 Å². The van der Waals surface area contributed by atoms with Gasteiger partial charge in [-0.25, -0.2) is 4.79 Å². The first kappa shape index (κ1) is 13.6. The van der Waals surface area contributed by atoms with Gasteiger partial charge in [-0.15, -0.1) is 0 Å². The van der Waals surface area contributed by atoms with Gasteiger partial charge in [0.05, 0.1) is 0 Å². The zero-order chi connectivity index (χ0) is 13.1. The molecule has 6 heteroatoms. The third-order valence-corrected chi connectivity index (χ3v) is 2.40. The van der Waals surface area contributed by atoms with Crippen LogP contribution in [-0.2, 0) is 14.3 Å². The molecule has 0 atom stereocenters. The van der Waals surface area contributed by atoms with E-state index in [9.17, 15) is 15.0 Å². The Hall–Kier alpha value is -1.47. The fourth-order valence-corrected chi connectivity index (χ4v) is 1.48. The molecule has 0 spiro atoms. The van der Waals surface area contributed by atoms with E-state index in [1.54, 1.807) is 0 Å². The van der Waals surface area contributed by atoms with Crippen LogP contribution in [0.1, 0.15) is 0 Å². The summed E-state index contributed by atoms with van der Waals surface area (Å²) in [4.78, 5) is 10.4. The maximum Gasteiger partial charge on any atom is 0.328 e. The van der Waals surface area contributed by atoms with Crippen molar-refractivity contribution in [1.82, 2.24) is 0 Å². The Balaban J connectivity index is 3.10. The predicted octanol–water partition coefficient (Wildman–Crippen LogP) is -0.207. The highest BCUT2D eigenvalue weighted by atomic mass is 16.7. The normalized spacial score (nSPS) is 21.5. The molecule has 1 rings (SSSR count). The summed E-state index contributed by atoms with van der Waals surface area (Å²) in [6.07, 6.45) is 5.92. The SMILES string of the molecule is COC1(OC)C=C(C=CC(=O)O)C=CC1(O)O. The molecule has 94 valence electrons. The van der Waals surface area contributed by atoms with Crippen LogP contribution in [0.25, 0.3) is 0 Å². The van der Waals surface area contributed by atoms with Crippen LogP contribution in [0, 0.1) is 0 Å². The number of methoxy groups -OCH3 is 2. The van der Waals surface area contributed by atoms with Gasteiger partial charge in [-0.2, -0.15) is 0 Å².